The number of carbonyl (C=O) groups is 1. The maximum Gasteiger partial charge on any atom is 0.340 e. The molecule has 33 heavy (non-hydrogen) atoms. The Labute approximate surface area is 194 Å². The van der Waals surface area contributed by atoms with E-state index < -0.39 is 0 Å². The van der Waals surface area contributed by atoms with Crippen molar-refractivity contribution in [3.05, 3.63) is 59.0 Å². The Hall–Kier alpha value is -2.86. The Morgan fingerprint density at radius 2 is 2.15 bits per heavy atom. The number of carbonyl (C=O) groups excluding carboxylic acids is 1. The van der Waals surface area contributed by atoms with Gasteiger partial charge in [-0.3, -0.25) is 4.90 Å². The summed E-state index contributed by atoms with van der Waals surface area (Å²) in [6.07, 6.45) is 10.9. The summed E-state index contributed by atoms with van der Waals surface area (Å²) in [6, 6.07) is 8.09. The molecule has 3 aromatic rings. The Kier molecular flexibility index (Phi) is 4.94. The zero-order chi connectivity index (χ0) is 22.6. The number of piperidine rings is 2. The number of fused-ring (bicyclic) bond motifs is 3. The van der Waals surface area contributed by atoms with Gasteiger partial charge in [0.25, 0.3) is 0 Å². The molecule has 0 aliphatic carbocycles. The first-order chi connectivity index (χ1) is 16.0. The first kappa shape index (κ1) is 20.7. The maximum atomic E-state index is 13.3. The van der Waals surface area contributed by atoms with Gasteiger partial charge in [-0.2, -0.15) is 0 Å². The van der Waals surface area contributed by atoms with Gasteiger partial charge in [-0.25, -0.2) is 9.36 Å². The van der Waals surface area contributed by atoms with Crippen molar-refractivity contribution in [1.82, 2.24) is 9.88 Å². The van der Waals surface area contributed by atoms with Crippen LogP contribution in [-0.2, 0) is 24.8 Å². The average molecular weight is 447 g/mol. The number of ether oxygens (including phenoxy) is 2. The highest BCUT2D eigenvalue weighted by Gasteiger charge is 2.52. The molecule has 3 aliphatic heterocycles. The molecule has 2 aromatic heterocycles. The van der Waals surface area contributed by atoms with Crippen LogP contribution in [0.1, 0.15) is 59.3 Å². The standard InChI is InChI=1S/C27H31N3O3/c1-18-24(26(31)32-17-19-7-5-12-29(2)16-19)25-21-15-20-8-6-14-30-13-4-3-11-27(20,30)33-23(21)10-9-22(25)28-18/h5,7,9-10,12,16,20H,3-4,6,8,11,13-15,17H2,1-2H3/p+1. The Balaban J connectivity index is 1.37. The molecule has 2 atom stereocenters. The Morgan fingerprint density at radius 1 is 1.27 bits per heavy atom. The first-order valence-electron chi connectivity index (χ1n) is 12.2. The fourth-order valence-electron chi connectivity index (χ4n) is 6.42. The minimum Gasteiger partial charge on any atom is -0.472 e. The van der Waals surface area contributed by atoms with Crippen LogP contribution in [0, 0.1) is 12.8 Å². The fourth-order valence-corrected chi connectivity index (χ4v) is 6.42. The van der Waals surface area contributed by atoms with Gasteiger partial charge < -0.3 is 14.5 Å². The van der Waals surface area contributed by atoms with E-state index in [0.29, 0.717) is 11.5 Å². The smallest absolute Gasteiger partial charge is 0.340 e. The predicted molar refractivity (Wildman–Crippen MR) is 125 cm³/mol. The number of hydrogen-bond donors (Lipinski definition) is 1. The Bertz CT molecular complexity index is 1230. The molecule has 0 bridgehead atoms. The molecule has 1 spiro atoms. The van der Waals surface area contributed by atoms with Crippen molar-refractivity contribution >= 4 is 16.9 Å². The average Bonchev–Trinajstić information content (AvgIpc) is 3.16. The summed E-state index contributed by atoms with van der Waals surface area (Å²) < 4.78 is 14.6. The lowest BCUT2D eigenvalue weighted by Crippen LogP contribution is -2.64. The monoisotopic (exact) mass is 446 g/mol. The van der Waals surface area contributed by atoms with E-state index in [2.05, 4.69) is 22.0 Å². The summed E-state index contributed by atoms with van der Waals surface area (Å²) in [4.78, 5) is 19.3. The molecule has 0 radical (unpaired) electrons. The van der Waals surface area contributed by atoms with Gasteiger partial charge in [-0.15, -0.1) is 0 Å². The van der Waals surface area contributed by atoms with E-state index in [9.17, 15) is 4.79 Å². The second-order valence-electron chi connectivity index (χ2n) is 9.98. The lowest BCUT2D eigenvalue weighted by atomic mass is 9.74. The summed E-state index contributed by atoms with van der Waals surface area (Å²) >= 11 is 0. The van der Waals surface area contributed by atoms with Crippen molar-refractivity contribution in [3.63, 3.8) is 0 Å². The number of hydrogen-bond acceptors (Lipinski definition) is 4. The van der Waals surface area contributed by atoms with Gasteiger partial charge in [0.05, 0.1) is 11.1 Å². The number of H-pyrrole nitrogens is 1. The molecule has 3 aliphatic rings. The number of aryl methyl sites for hydroxylation is 2. The van der Waals surface area contributed by atoms with E-state index in [-0.39, 0.29) is 18.3 Å². The molecule has 1 N–H and O–H groups in total. The molecular formula is C27H32N3O3+. The number of nitrogens with one attached hydrogen (secondary N) is 1. The molecule has 172 valence electrons. The maximum absolute atomic E-state index is 13.3. The zero-order valence-electron chi connectivity index (χ0n) is 19.5. The van der Waals surface area contributed by atoms with Crippen molar-refractivity contribution in [2.75, 3.05) is 13.1 Å². The molecule has 6 rings (SSSR count). The van der Waals surface area contributed by atoms with Crippen LogP contribution in [0.5, 0.6) is 5.75 Å². The third-order valence-electron chi connectivity index (χ3n) is 7.90. The molecule has 0 amide bonds. The first-order valence-corrected chi connectivity index (χ1v) is 12.2. The third kappa shape index (κ3) is 3.34. The van der Waals surface area contributed by atoms with Crippen LogP contribution in [0.15, 0.2) is 36.7 Å². The van der Waals surface area contributed by atoms with Crippen LogP contribution in [0.4, 0.5) is 0 Å². The SMILES string of the molecule is Cc1[nH]c2ccc3c(c2c1C(=O)OCc1ccc[n+](C)c1)CC1CCCN2CCCCC12O3. The van der Waals surface area contributed by atoms with E-state index in [1.165, 1.54) is 25.7 Å². The highest BCUT2D eigenvalue weighted by atomic mass is 16.5. The van der Waals surface area contributed by atoms with Gasteiger partial charge >= 0.3 is 5.97 Å². The number of esters is 1. The summed E-state index contributed by atoms with van der Waals surface area (Å²) in [6.45, 7) is 4.48. The predicted octanol–water partition coefficient (Wildman–Crippen LogP) is 4.18. The largest absolute Gasteiger partial charge is 0.472 e. The minimum absolute atomic E-state index is 0.161. The van der Waals surface area contributed by atoms with Gasteiger partial charge in [0.2, 0.25) is 0 Å². The number of nitrogens with zero attached hydrogens (tertiary/aromatic N) is 2. The minimum atomic E-state index is -0.276. The molecule has 2 saturated heterocycles. The van der Waals surface area contributed by atoms with Crippen molar-refractivity contribution in [2.45, 2.75) is 57.8 Å². The molecular weight excluding hydrogens is 414 g/mol. The van der Waals surface area contributed by atoms with Gasteiger partial charge in [-0.05, 0) is 57.2 Å². The normalized spacial score (nSPS) is 24.5. The van der Waals surface area contributed by atoms with Crippen LogP contribution in [0.3, 0.4) is 0 Å². The third-order valence-corrected chi connectivity index (χ3v) is 7.90. The van der Waals surface area contributed by atoms with E-state index >= 15 is 0 Å². The number of aromatic amines is 1. The summed E-state index contributed by atoms with van der Waals surface area (Å²) in [5.41, 5.74) is 4.46. The van der Waals surface area contributed by atoms with Crippen LogP contribution in [0.2, 0.25) is 0 Å². The number of aromatic nitrogens is 2. The topological polar surface area (TPSA) is 58.4 Å². The van der Waals surface area contributed by atoms with Crippen molar-refractivity contribution in [1.29, 1.82) is 0 Å². The van der Waals surface area contributed by atoms with Crippen molar-refractivity contribution < 1.29 is 18.8 Å². The molecule has 6 nitrogen and oxygen atoms in total. The zero-order valence-corrected chi connectivity index (χ0v) is 19.5. The van der Waals surface area contributed by atoms with Crippen molar-refractivity contribution in [2.24, 2.45) is 13.0 Å². The molecule has 1 aromatic carbocycles. The highest BCUT2D eigenvalue weighted by molar-refractivity contribution is 6.07. The van der Waals surface area contributed by atoms with Gasteiger partial charge in [0.15, 0.2) is 18.1 Å². The summed E-state index contributed by atoms with van der Waals surface area (Å²) in [5.74, 6) is 1.13. The van der Waals surface area contributed by atoms with Crippen LogP contribution in [-0.4, -0.2) is 34.7 Å². The second kappa shape index (κ2) is 7.87. The van der Waals surface area contributed by atoms with E-state index in [4.69, 9.17) is 9.47 Å². The van der Waals surface area contributed by atoms with Crippen LogP contribution in [0.25, 0.3) is 10.9 Å². The lowest BCUT2D eigenvalue weighted by molar-refractivity contribution is -0.672. The van der Waals surface area contributed by atoms with Gasteiger partial charge in [-0.1, -0.05) is 0 Å². The van der Waals surface area contributed by atoms with E-state index in [1.54, 1.807) is 0 Å². The van der Waals surface area contributed by atoms with Gasteiger partial charge in [0, 0.05) is 53.7 Å². The number of rotatable bonds is 3. The number of benzene rings is 1. The lowest BCUT2D eigenvalue weighted by Gasteiger charge is -2.56. The van der Waals surface area contributed by atoms with Gasteiger partial charge in [0.1, 0.15) is 19.4 Å². The van der Waals surface area contributed by atoms with Crippen LogP contribution >= 0.6 is 0 Å². The molecule has 2 unspecified atom stereocenters. The molecule has 0 saturated carbocycles. The highest BCUT2D eigenvalue weighted by Crippen LogP contribution is 2.50. The van der Waals surface area contributed by atoms with Crippen molar-refractivity contribution in [3.8, 4) is 5.75 Å². The fraction of sp³-hybridized carbons (Fsp3) is 0.481. The van der Waals surface area contributed by atoms with Crippen LogP contribution < -0.4 is 9.30 Å². The summed E-state index contributed by atoms with van der Waals surface area (Å²) in [7, 11) is 1.97. The summed E-state index contributed by atoms with van der Waals surface area (Å²) in [5, 5.41) is 0.983. The molecule has 2 fully saturated rings. The Morgan fingerprint density at radius 3 is 3.03 bits per heavy atom. The van der Waals surface area contributed by atoms with E-state index in [0.717, 1.165) is 59.4 Å². The second-order valence-corrected chi connectivity index (χ2v) is 9.98. The van der Waals surface area contributed by atoms with E-state index in [1.807, 2.05) is 43.1 Å². The quantitative estimate of drug-likeness (QED) is 0.484. The molecule has 5 heterocycles. The molecule has 6 heteroatoms. The number of pyridine rings is 1.